The monoisotopic (exact) mass is 380 g/mol. The van der Waals surface area contributed by atoms with E-state index < -0.39 is 41.3 Å². The maximum absolute atomic E-state index is 13.5. The van der Waals surface area contributed by atoms with E-state index in [4.69, 9.17) is 0 Å². The van der Waals surface area contributed by atoms with Crippen molar-refractivity contribution < 1.29 is 39.5 Å². The van der Waals surface area contributed by atoms with Gasteiger partial charge in [0, 0.05) is 26.2 Å². The van der Waals surface area contributed by atoms with Crippen LogP contribution in [0.4, 0.5) is 39.5 Å². The lowest BCUT2D eigenvalue weighted by atomic mass is 9.95. The quantitative estimate of drug-likeness (QED) is 0.773. The Morgan fingerprint density at radius 2 is 1.40 bits per heavy atom. The Kier molecular flexibility index (Phi) is 5.29. The molecule has 0 unspecified atom stereocenters. The highest BCUT2D eigenvalue weighted by Gasteiger charge is 2.49. The van der Waals surface area contributed by atoms with Gasteiger partial charge in [-0.05, 0) is 23.8 Å². The molecule has 0 amide bonds. The van der Waals surface area contributed by atoms with Crippen molar-refractivity contribution in [3.8, 4) is 0 Å². The second-order valence-corrected chi connectivity index (χ2v) is 5.53. The van der Waals surface area contributed by atoms with E-state index in [1.165, 1.54) is 0 Å². The first-order valence-corrected chi connectivity index (χ1v) is 7.11. The third kappa shape index (κ3) is 4.57. The van der Waals surface area contributed by atoms with Gasteiger partial charge in [-0.1, -0.05) is 0 Å². The summed E-state index contributed by atoms with van der Waals surface area (Å²) in [6, 6.07) is -2.63. The lowest BCUT2D eigenvalue weighted by molar-refractivity contribution is -0.191. The summed E-state index contributed by atoms with van der Waals surface area (Å²) in [5.74, 6) is 0. The molecule has 1 aliphatic rings. The molecule has 0 aliphatic carbocycles. The predicted octanol–water partition coefficient (Wildman–Crippen LogP) is 4.23. The van der Waals surface area contributed by atoms with Crippen molar-refractivity contribution in [3.63, 3.8) is 0 Å². The zero-order valence-electron chi connectivity index (χ0n) is 12.5. The molecule has 0 spiro atoms. The third-order valence-electron chi connectivity index (χ3n) is 3.81. The number of alkyl halides is 9. The Morgan fingerprint density at radius 1 is 0.840 bits per heavy atom. The minimum absolute atomic E-state index is 0.0526. The summed E-state index contributed by atoms with van der Waals surface area (Å²) >= 11 is 0. The van der Waals surface area contributed by atoms with Crippen molar-refractivity contribution in [2.24, 2.45) is 0 Å². The van der Waals surface area contributed by atoms with Crippen LogP contribution in [0.2, 0.25) is 0 Å². The fourth-order valence-corrected chi connectivity index (χ4v) is 2.74. The highest BCUT2D eigenvalue weighted by molar-refractivity contribution is 5.38. The van der Waals surface area contributed by atoms with Gasteiger partial charge >= 0.3 is 18.5 Å². The van der Waals surface area contributed by atoms with E-state index in [-0.39, 0.29) is 44.4 Å². The lowest BCUT2D eigenvalue weighted by Crippen LogP contribution is -2.49. The summed E-state index contributed by atoms with van der Waals surface area (Å²) in [4.78, 5) is 0.710. The molecular formula is C14H13F9N2. The van der Waals surface area contributed by atoms with Crippen molar-refractivity contribution in [1.82, 2.24) is 10.2 Å². The van der Waals surface area contributed by atoms with Crippen molar-refractivity contribution in [3.05, 3.63) is 34.9 Å². The molecule has 25 heavy (non-hydrogen) atoms. The predicted molar refractivity (Wildman–Crippen MR) is 69.7 cm³/mol. The molecule has 11 heteroatoms. The first-order valence-electron chi connectivity index (χ1n) is 7.11. The van der Waals surface area contributed by atoms with Gasteiger partial charge in [0.1, 0.15) is 6.04 Å². The molecule has 0 radical (unpaired) electrons. The topological polar surface area (TPSA) is 15.3 Å². The molecule has 1 N–H and O–H groups in total. The number of benzene rings is 1. The summed E-state index contributed by atoms with van der Waals surface area (Å²) in [6.07, 6.45) is -15.4. The van der Waals surface area contributed by atoms with Gasteiger partial charge in [-0.25, -0.2) is 0 Å². The number of halogens is 9. The summed E-state index contributed by atoms with van der Waals surface area (Å²) in [5, 5.41) is 2.74. The summed E-state index contributed by atoms with van der Waals surface area (Å²) in [5.41, 5.74) is -4.71. The molecule has 0 aromatic heterocycles. The van der Waals surface area contributed by atoms with Gasteiger partial charge < -0.3 is 5.32 Å². The van der Waals surface area contributed by atoms with Crippen LogP contribution in [0.5, 0.6) is 0 Å². The minimum atomic E-state index is -5.21. The summed E-state index contributed by atoms with van der Waals surface area (Å²) in [7, 11) is 0. The largest absolute Gasteiger partial charge is 0.416 e. The minimum Gasteiger partial charge on any atom is -0.314 e. The van der Waals surface area contributed by atoms with Crippen LogP contribution < -0.4 is 5.32 Å². The number of nitrogens with zero attached hydrogens (tertiary/aromatic N) is 1. The highest BCUT2D eigenvalue weighted by Crippen LogP contribution is 2.45. The molecular weight excluding hydrogens is 367 g/mol. The van der Waals surface area contributed by atoms with Gasteiger partial charge in [0.05, 0.1) is 11.1 Å². The molecule has 1 aliphatic heterocycles. The second kappa shape index (κ2) is 6.67. The summed E-state index contributed by atoms with van der Waals surface area (Å²) in [6.45, 7) is -0.296. The smallest absolute Gasteiger partial charge is 0.314 e. The summed E-state index contributed by atoms with van der Waals surface area (Å²) < 4.78 is 118. The van der Waals surface area contributed by atoms with Crippen molar-refractivity contribution in [2.75, 3.05) is 26.2 Å². The maximum Gasteiger partial charge on any atom is 0.416 e. The Balaban J connectivity index is 2.64. The van der Waals surface area contributed by atoms with Crippen LogP contribution in [0, 0.1) is 0 Å². The van der Waals surface area contributed by atoms with Gasteiger partial charge in [0.2, 0.25) is 0 Å². The van der Waals surface area contributed by atoms with E-state index >= 15 is 0 Å². The van der Waals surface area contributed by atoms with Gasteiger partial charge in [0.15, 0.2) is 0 Å². The number of rotatable bonds is 2. The molecule has 1 heterocycles. The Hall–Kier alpha value is -1.49. The first kappa shape index (κ1) is 19.8. The van der Waals surface area contributed by atoms with E-state index in [2.05, 4.69) is 5.32 Å². The van der Waals surface area contributed by atoms with Crippen molar-refractivity contribution in [2.45, 2.75) is 24.6 Å². The molecule has 2 nitrogen and oxygen atoms in total. The standard InChI is InChI=1S/C14H13F9N2/c15-12(16,17)8-1-2-10(13(18,19)20)9(7-8)11(14(21,22)23)25-5-3-24-4-6-25/h1-2,7,11,24H,3-6H2/t11-/m0/s1. The van der Waals surface area contributed by atoms with Crippen LogP contribution in [-0.4, -0.2) is 37.3 Å². The number of hydrogen-bond donors (Lipinski definition) is 1. The van der Waals surface area contributed by atoms with E-state index in [9.17, 15) is 39.5 Å². The number of hydrogen-bond acceptors (Lipinski definition) is 2. The SMILES string of the molecule is FC(F)(F)c1ccc(C(F)(F)F)c([C@H](N2CCNCC2)C(F)(F)F)c1. The molecule has 1 aromatic rings. The van der Waals surface area contributed by atoms with Crippen LogP contribution in [0.1, 0.15) is 22.7 Å². The molecule has 2 rings (SSSR count). The zero-order chi connectivity index (χ0) is 19.0. The Morgan fingerprint density at radius 3 is 1.84 bits per heavy atom. The number of nitrogens with one attached hydrogen (secondary N) is 1. The van der Waals surface area contributed by atoms with Gasteiger partial charge in [-0.2, -0.15) is 39.5 Å². The van der Waals surface area contributed by atoms with E-state index in [1.807, 2.05) is 0 Å². The van der Waals surface area contributed by atoms with Crippen molar-refractivity contribution in [1.29, 1.82) is 0 Å². The average molecular weight is 380 g/mol. The third-order valence-corrected chi connectivity index (χ3v) is 3.81. The molecule has 0 bridgehead atoms. The molecule has 1 aromatic carbocycles. The Bertz CT molecular complexity index is 598. The fourth-order valence-electron chi connectivity index (χ4n) is 2.74. The average Bonchev–Trinajstić information content (AvgIpc) is 2.45. The van der Waals surface area contributed by atoms with E-state index in [0.717, 1.165) is 0 Å². The van der Waals surface area contributed by atoms with Crippen LogP contribution in [0.25, 0.3) is 0 Å². The second-order valence-electron chi connectivity index (χ2n) is 5.53. The van der Waals surface area contributed by atoms with Crippen LogP contribution in [0.3, 0.4) is 0 Å². The molecule has 1 atom stereocenters. The lowest BCUT2D eigenvalue weighted by Gasteiger charge is -2.37. The van der Waals surface area contributed by atoms with E-state index in [0.29, 0.717) is 4.90 Å². The maximum atomic E-state index is 13.5. The van der Waals surface area contributed by atoms with Crippen LogP contribution in [-0.2, 0) is 12.4 Å². The first-order chi connectivity index (χ1) is 11.3. The normalized spacial score (nSPS) is 19.1. The van der Waals surface area contributed by atoms with Gasteiger partial charge in [0.25, 0.3) is 0 Å². The highest BCUT2D eigenvalue weighted by atomic mass is 19.4. The molecule has 1 fully saturated rings. The fraction of sp³-hybridized carbons (Fsp3) is 0.571. The Labute approximate surface area is 136 Å². The molecule has 142 valence electrons. The molecule has 1 saturated heterocycles. The van der Waals surface area contributed by atoms with Crippen LogP contribution >= 0.6 is 0 Å². The molecule has 0 saturated carbocycles. The van der Waals surface area contributed by atoms with Crippen LogP contribution in [0.15, 0.2) is 18.2 Å². The van der Waals surface area contributed by atoms with Gasteiger partial charge in [-0.3, -0.25) is 4.90 Å². The zero-order valence-corrected chi connectivity index (χ0v) is 12.5. The van der Waals surface area contributed by atoms with Gasteiger partial charge in [-0.15, -0.1) is 0 Å². The number of piperazine rings is 1. The van der Waals surface area contributed by atoms with Crippen molar-refractivity contribution >= 4 is 0 Å². The van der Waals surface area contributed by atoms with E-state index in [1.54, 1.807) is 0 Å².